The number of hydrogen-bond donors (Lipinski definition) is 0. The minimum Gasteiger partial charge on any atom is -0.372 e. The molecule has 16 heavy (non-hydrogen) atoms. The van der Waals surface area contributed by atoms with E-state index in [2.05, 4.69) is 6.92 Å². The van der Waals surface area contributed by atoms with Crippen LogP contribution in [0.25, 0.3) is 0 Å². The molecule has 2 unspecified atom stereocenters. The first-order chi connectivity index (χ1) is 7.72. The third-order valence-electron chi connectivity index (χ3n) is 4.54. The fourth-order valence-corrected chi connectivity index (χ4v) is 4.48. The molecule has 2 aliphatic carbocycles. The van der Waals surface area contributed by atoms with E-state index in [1.54, 1.807) is 0 Å². The van der Waals surface area contributed by atoms with Crippen molar-refractivity contribution in [2.24, 2.45) is 5.92 Å². The van der Waals surface area contributed by atoms with Gasteiger partial charge in [0.05, 0.1) is 11.7 Å². The van der Waals surface area contributed by atoms with Crippen molar-refractivity contribution in [1.82, 2.24) is 0 Å². The molecular weight excluding hydrogens is 212 g/mol. The van der Waals surface area contributed by atoms with Crippen LogP contribution in [0.5, 0.6) is 0 Å². The van der Waals surface area contributed by atoms with Crippen LogP contribution in [0.15, 0.2) is 0 Å². The molecule has 0 saturated heterocycles. The summed E-state index contributed by atoms with van der Waals surface area (Å²) in [6.45, 7) is 2.34. The third-order valence-corrected chi connectivity index (χ3v) is 5.12. The molecule has 2 heteroatoms. The average molecular weight is 240 g/mol. The highest BCUT2D eigenvalue weighted by Gasteiger charge is 2.33. The van der Waals surface area contributed by atoms with Crippen LogP contribution < -0.4 is 0 Å². The fourth-order valence-electron chi connectivity index (χ4n) is 3.66. The molecule has 0 amide bonds. The zero-order valence-corrected chi connectivity index (χ0v) is 13.1. The lowest BCUT2D eigenvalue weighted by Gasteiger charge is -2.35. The van der Waals surface area contributed by atoms with Gasteiger partial charge in [0.1, 0.15) is 0 Å². The Bertz CT molecular complexity index is 209. The average Bonchev–Trinajstić information content (AvgIpc) is 2.66. The first-order valence-corrected chi connectivity index (χ1v) is 8.81. The van der Waals surface area contributed by atoms with Crippen molar-refractivity contribution in [3.05, 3.63) is 0 Å². The maximum Gasteiger partial charge on any atom is 0.0658 e. The van der Waals surface area contributed by atoms with Crippen LogP contribution in [0.1, 0.15) is 64.7 Å². The smallest absolute Gasteiger partial charge is 0.0658 e. The second-order valence-electron chi connectivity index (χ2n) is 6.22. The summed E-state index contributed by atoms with van der Waals surface area (Å²) in [6, 6.07) is 1.48. The van der Waals surface area contributed by atoms with Crippen molar-refractivity contribution >= 4 is 10.2 Å². The first kappa shape index (κ1) is 12.6. The summed E-state index contributed by atoms with van der Waals surface area (Å²) >= 11 is 0. The molecule has 0 heterocycles. The van der Waals surface area contributed by atoms with Gasteiger partial charge in [0.25, 0.3) is 0 Å². The molecule has 94 valence electrons. The minimum absolute atomic E-state index is 0.244. The molecule has 0 spiro atoms. The van der Waals surface area contributed by atoms with Gasteiger partial charge < -0.3 is 4.74 Å². The van der Waals surface area contributed by atoms with Crippen LogP contribution in [0.4, 0.5) is 0 Å². The lowest BCUT2D eigenvalue weighted by Crippen LogP contribution is -2.33. The topological polar surface area (TPSA) is 9.23 Å². The molecule has 2 atom stereocenters. The molecule has 0 aromatic rings. The molecule has 0 aromatic carbocycles. The SMILES string of the molecule is CC1(OC2CCCC(CC[SiH3])C2)CCCC1. The first-order valence-electron chi connectivity index (χ1n) is 7.40. The van der Waals surface area contributed by atoms with Crippen LogP contribution in [-0.4, -0.2) is 21.9 Å². The predicted molar refractivity (Wildman–Crippen MR) is 73.1 cm³/mol. The van der Waals surface area contributed by atoms with E-state index in [1.165, 1.54) is 74.1 Å². The highest BCUT2D eigenvalue weighted by atomic mass is 28.1. The van der Waals surface area contributed by atoms with Gasteiger partial charge in [0.2, 0.25) is 0 Å². The molecule has 2 saturated carbocycles. The van der Waals surface area contributed by atoms with Crippen molar-refractivity contribution in [1.29, 1.82) is 0 Å². The van der Waals surface area contributed by atoms with Gasteiger partial charge in [-0.2, -0.15) is 0 Å². The molecule has 0 aromatic heterocycles. The minimum atomic E-state index is 0.244. The summed E-state index contributed by atoms with van der Waals surface area (Å²) in [4.78, 5) is 0. The van der Waals surface area contributed by atoms with Crippen molar-refractivity contribution in [2.75, 3.05) is 0 Å². The number of ether oxygens (including phenoxy) is 1. The Balaban J connectivity index is 1.80. The van der Waals surface area contributed by atoms with Crippen molar-refractivity contribution < 1.29 is 4.74 Å². The lowest BCUT2D eigenvalue weighted by molar-refractivity contribution is -0.0980. The Hall–Kier alpha value is 0.177. The molecule has 0 radical (unpaired) electrons. The van der Waals surface area contributed by atoms with Gasteiger partial charge >= 0.3 is 0 Å². The Morgan fingerprint density at radius 1 is 1.19 bits per heavy atom. The second kappa shape index (κ2) is 5.68. The predicted octanol–water partition coefficient (Wildman–Crippen LogP) is 3.07. The lowest BCUT2D eigenvalue weighted by atomic mass is 9.85. The second-order valence-corrected chi connectivity index (χ2v) is 7.22. The van der Waals surface area contributed by atoms with Gasteiger partial charge in [-0.3, -0.25) is 0 Å². The summed E-state index contributed by atoms with van der Waals surface area (Å²) in [5, 5.41) is 0. The van der Waals surface area contributed by atoms with Gasteiger partial charge in [0.15, 0.2) is 0 Å². The normalized spacial score (nSPS) is 34.3. The van der Waals surface area contributed by atoms with E-state index < -0.39 is 0 Å². The monoisotopic (exact) mass is 240 g/mol. The molecule has 1 nitrogen and oxygen atoms in total. The van der Waals surface area contributed by atoms with E-state index in [4.69, 9.17) is 4.74 Å². The number of hydrogen-bond acceptors (Lipinski definition) is 1. The Morgan fingerprint density at radius 3 is 2.62 bits per heavy atom. The maximum absolute atomic E-state index is 6.43. The van der Waals surface area contributed by atoms with E-state index in [-0.39, 0.29) is 5.60 Å². The molecule has 0 bridgehead atoms. The molecule has 0 aliphatic heterocycles. The summed E-state index contributed by atoms with van der Waals surface area (Å²) in [5.74, 6) is 0.987. The van der Waals surface area contributed by atoms with Crippen LogP contribution in [0.3, 0.4) is 0 Å². The molecule has 2 rings (SSSR count). The van der Waals surface area contributed by atoms with Gasteiger partial charge in [-0.1, -0.05) is 38.1 Å². The van der Waals surface area contributed by atoms with Crippen LogP contribution in [-0.2, 0) is 4.74 Å². The van der Waals surface area contributed by atoms with E-state index in [9.17, 15) is 0 Å². The van der Waals surface area contributed by atoms with Crippen LogP contribution in [0.2, 0.25) is 6.04 Å². The van der Waals surface area contributed by atoms with Gasteiger partial charge in [0, 0.05) is 10.2 Å². The zero-order valence-electron chi connectivity index (χ0n) is 11.1. The highest BCUT2D eigenvalue weighted by Crippen LogP contribution is 2.38. The van der Waals surface area contributed by atoms with Crippen LogP contribution >= 0.6 is 0 Å². The summed E-state index contributed by atoms with van der Waals surface area (Å²) < 4.78 is 6.43. The largest absolute Gasteiger partial charge is 0.372 e. The van der Waals surface area contributed by atoms with Crippen molar-refractivity contribution in [3.8, 4) is 0 Å². The van der Waals surface area contributed by atoms with E-state index in [1.807, 2.05) is 0 Å². The van der Waals surface area contributed by atoms with E-state index in [0.29, 0.717) is 6.10 Å². The third kappa shape index (κ3) is 3.33. The Kier molecular flexibility index (Phi) is 4.48. The summed E-state index contributed by atoms with van der Waals surface area (Å²) in [6.07, 6.45) is 13.0. The van der Waals surface area contributed by atoms with Gasteiger partial charge in [-0.25, -0.2) is 0 Å². The maximum atomic E-state index is 6.43. The van der Waals surface area contributed by atoms with Crippen molar-refractivity contribution in [3.63, 3.8) is 0 Å². The molecule has 0 N–H and O–H groups in total. The van der Waals surface area contributed by atoms with E-state index in [0.717, 1.165) is 5.92 Å². The highest BCUT2D eigenvalue weighted by molar-refractivity contribution is 6.08. The quantitative estimate of drug-likeness (QED) is 0.686. The Morgan fingerprint density at radius 2 is 1.94 bits per heavy atom. The molecule has 2 fully saturated rings. The van der Waals surface area contributed by atoms with E-state index >= 15 is 0 Å². The zero-order chi connectivity index (χ0) is 11.4. The summed E-state index contributed by atoms with van der Waals surface area (Å²) in [7, 11) is 1.38. The Labute approximate surface area is 104 Å². The van der Waals surface area contributed by atoms with Crippen molar-refractivity contribution in [2.45, 2.75) is 82.5 Å². The fraction of sp³-hybridized carbons (Fsp3) is 1.00. The summed E-state index contributed by atoms with van der Waals surface area (Å²) in [5.41, 5.74) is 0.244. The van der Waals surface area contributed by atoms with Crippen LogP contribution in [0, 0.1) is 5.92 Å². The number of rotatable bonds is 4. The molecular formula is C14H28OSi. The standard InChI is InChI=1S/C14H28OSi/c1-14(8-2-3-9-14)15-13-6-4-5-12(11-13)7-10-16/h12-13H,2-11H2,1,16H3. The van der Waals surface area contributed by atoms with Gasteiger partial charge in [-0.05, 0) is 38.5 Å². The van der Waals surface area contributed by atoms with Gasteiger partial charge in [-0.15, -0.1) is 0 Å². The molecule has 2 aliphatic rings.